The van der Waals surface area contributed by atoms with E-state index in [-0.39, 0.29) is 18.5 Å². The molecule has 8 nitrogen and oxygen atoms in total. The van der Waals surface area contributed by atoms with Gasteiger partial charge in [-0.2, -0.15) is 12.7 Å². The summed E-state index contributed by atoms with van der Waals surface area (Å²) in [5.41, 5.74) is 0.788. The van der Waals surface area contributed by atoms with Crippen molar-refractivity contribution in [1.29, 1.82) is 0 Å². The van der Waals surface area contributed by atoms with E-state index in [1.54, 1.807) is 55.5 Å². The van der Waals surface area contributed by atoms with Gasteiger partial charge in [0, 0.05) is 42.3 Å². The van der Waals surface area contributed by atoms with Crippen LogP contribution >= 0.6 is 23.2 Å². The van der Waals surface area contributed by atoms with Gasteiger partial charge in [0.25, 0.3) is 0 Å². The van der Waals surface area contributed by atoms with E-state index in [0.29, 0.717) is 27.7 Å². The molecular formula is C24H32Cl2N4O4S. The van der Waals surface area contributed by atoms with Crippen LogP contribution in [0.25, 0.3) is 0 Å². The Kier molecular flexibility index (Phi) is 10.4. The molecule has 11 heteroatoms. The summed E-state index contributed by atoms with van der Waals surface area (Å²) >= 11 is 12.7. The van der Waals surface area contributed by atoms with E-state index in [4.69, 9.17) is 23.2 Å². The number of amides is 2. The van der Waals surface area contributed by atoms with Crippen LogP contribution in [0.5, 0.6) is 0 Å². The second-order valence-electron chi connectivity index (χ2n) is 8.35. The molecule has 0 aliphatic rings. The zero-order valence-corrected chi connectivity index (χ0v) is 22.9. The average Bonchev–Trinajstić information content (AvgIpc) is 2.82. The van der Waals surface area contributed by atoms with Crippen molar-refractivity contribution in [2.24, 2.45) is 0 Å². The van der Waals surface area contributed by atoms with Gasteiger partial charge < -0.3 is 10.2 Å². The molecule has 2 atom stereocenters. The molecule has 0 unspecified atom stereocenters. The molecule has 2 aromatic carbocycles. The predicted molar refractivity (Wildman–Crippen MR) is 141 cm³/mol. The number of halogens is 2. The van der Waals surface area contributed by atoms with Gasteiger partial charge in [-0.3, -0.25) is 9.59 Å². The second-order valence-corrected chi connectivity index (χ2v) is 11.2. The number of rotatable bonds is 11. The van der Waals surface area contributed by atoms with E-state index < -0.39 is 28.7 Å². The fourth-order valence-corrected chi connectivity index (χ4v) is 4.79. The third-order valence-corrected chi connectivity index (χ3v) is 8.15. The van der Waals surface area contributed by atoms with Crippen molar-refractivity contribution in [2.75, 3.05) is 24.9 Å². The van der Waals surface area contributed by atoms with Crippen LogP contribution in [0.2, 0.25) is 10.0 Å². The van der Waals surface area contributed by atoms with E-state index in [1.165, 1.54) is 19.0 Å². The summed E-state index contributed by atoms with van der Waals surface area (Å²) in [5, 5.41) is 3.55. The quantitative estimate of drug-likeness (QED) is 0.465. The van der Waals surface area contributed by atoms with Crippen molar-refractivity contribution in [3.63, 3.8) is 0 Å². The van der Waals surface area contributed by atoms with E-state index in [2.05, 4.69) is 5.32 Å². The topological polar surface area (TPSA) is 90.0 Å². The fourth-order valence-electron chi connectivity index (χ4n) is 3.21. The third-order valence-electron chi connectivity index (χ3n) is 5.62. The predicted octanol–water partition coefficient (Wildman–Crippen LogP) is 3.94. The fraction of sp³-hybridized carbons (Fsp3) is 0.417. The molecule has 0 aliphatic heterocycles. The van der Waals surface area contributed by atoms with Crippen LogP contribution in [0.1, 0.15) is 32.8 Å². The Morgan fingerprint density at radius 3 is 2.06 bits per heavy atom. The molecule has 0 fully saturated rings. The summed E-state index contributed by atoms with van der Waals surface area (Å²) in [7, 11) is -1.24. The Balaban J connectivity index is 2.48. The molecule has 0 spiro atoms. The molecule has 192 valence electrons. The molecule has 0 radical (unpaired) electrons. The molecule has 2 aromatic rings. The van der Waals surface area contributed by atoms with Gasteiger partial charge in [-0.05, 0) is 44.5 Å². The maximum atomic E-state index is 13.7. The van der Waals surface area contributed by atoms with Crippen molar-refractivity contribution in [2.45, 2.75) is 45.8 Å². The molecule has 35 heavy (non-hydrogen) atoms. The van der Waals surface area contributed by atoms with Gasteiger partial charge in [0.1, 0.15) is 12.6 Å². The lowest BCUT2D eigenvalue weighted by molar-refractivity contribution is -0.139. The number of hydrogen-bond acceptors (Lipinski definition) is 4. The summed E-state index contributed by atoms with van der Waals surface area (Å²) in [5.74, 6) is -0.945. The Hall–Kier alpha value is -2.33. The minimum Gasteiger partial charge on any atom is -0.352 e. The zero-order valence-electron chi connectivity index (χ0n) is 20.5. The summed E-state index contributed by atoms with van der Waals surface area (Å²) in [6, 6.07) is 12.3. The first-order chi connectivity index (χ1) is 16.4. The van der Waals surface area contributed by atoms with Gasteiger partial charge in [0.15, 0.2) is 0 Å². The number of benzene rings is 2. The lowest BCUT2D eigenvalue weighted by Crippen LogP contribution is -2.53. The lowest BCUT2D eigenvalue weighted by atomic mass is 10.1. The van der Waals surface area contributed by atoms with Crippen molar-refractivity contribution in [3.8, 4) is 0 Å². The Morgan fingerprint density at radius 1 is 0.971 bits per heavy atom. The summed E-state index contributed by atoms with van der Waals surface area (Å²) in [6.07, 6.45) is 0.714. The van der Waals surface area contributed by atoms with Crippen molar-refractivity contribution in [1.82, 2.24) is 14.5 Å². The maximum Gasteiger partial charge on any atom is 0.304 e. The number of nitrogens with zero attached hydrogens (tertiary/aromatic N) is 3. The number of para-hydroxylation sites is 1. The van der Waals surface area contributed by atoms with Crippen molar-refractivity contribution >= 4 is 50.9 Å². The van der Waals surface area contributed by atoms with Crippen LogP contribution in [0.4, 0.5) is 5.69 Å². The lowest BCUT2D eigenvalue weighted by Gasteiger charge is -2.33. The van der Waals surface area contributed by atoms with Gasteiger partial charge in [-0.15, -0.1) is 0 Å². The summed E-state index contributed by atoms with van der Waals surface area (Å²) < 4.78 is 28.2. The van der Waals surface area contributed by atoms with E-state index >= 15 is 0 Å². The number of anilines is 1. The van der Waals surface area contributed by atoms with Crippen LogP contribution in [-0.2, 0) is 26.3 Å². The van der Waals surface area contributed by atoms with Crippen LogP contribution in [0.15, 0.2) is 48.5 Å². The van der Waals surface area contributed by atoms with Crippen LogP contribution < -0.4 is 9.62 Å². The third kappa shape index (κ3) is 7.33. The van der Waals surface area contributed by atoms with Crippen molar-refractivity contribution in [3.05, 3.63) is 64.1 Å². The molecule has 0 saturated heterocycles. The van der Waals surface area contributed by atoms with E-state index in [9.17, 15) is 18.0 Å². The second kappa shape index (κ2) is 12.6. The minimum atomic E-state index is -4.01. The summed E-state index contributed by atoms with van der Waals surface area (Å²) in [4.78, 5) is 27.9. The minimum absolute atomic E-state index is 0.0723. The molecule has 2 amide bonds. The van der Waals surface area contributed by atoms with Gasteiger partial charge >= 0.3 is 10.2 Å². The largest absolute Gasteiger partial charge is 0.352 e. The monoisotopic (exact) mass is 542 g/mol. The Morgan fingerprint density at radius 2 is 1.54 bits per heavy atom. The van der Waals surface area contributed by atoms with E-state index in [1.807, 2.05) is 13.8 Å². The average molecular weight is 544 g/mol. The highest BCUT2D eigenvalue weighted by molar-refractivity contribution is 7.90. The SMILES string of the molecule is CC[C@H](C)NC(=O)[C@@H](C)N(Cc1c(Cl)cccc1Cl)C(=O)CN(c1ccccc1)S(=O)(=O)N(C)C. The highest BCUT2D eigenvalue weighted by Gasteiger charge is 2.33. The normalized spacial score (nSPS) is 13.3. The van der Waals surface area contributed by atoms with Gasteiger partial charge in [-0.1, -0.05) is 54.4 Å². The van der Waals surface area contributed by atoms with Gasteiger partial charge in [0.2, 0.25) is 11.8 Å². The van der Waals surface area contributed by atoms with Crippen LogP contribution in [0.3, 0.4) is 0 Å². The molecular weight excluding hydrogens is 511 g/mol. The van der Waals surface area contributed by atoms with Gasteiger partial charge in [-0.25, -0.2) is 4.31 Å². The van der Waals surface area contributed by atoms with Crippen molar-refractivity contribution < 1.29 is 18.0 Å². The molecule has 1 N–H and O–H groups in total. The highest BCUT2D eigenvalue weighted by Crippen LogP contribution is 2.27. The molecule has 0 aromatic heterocycles. The maximum absolute atomic E-state index is 13.7. The van der Waals surface area contributed by atoms with Gasteiger partial charge in [0.05, 0.1) is 5.69 Å². The standard InChI is InChI=1S/C24H32Cl2N4O4S/c1-6-17(2)27-24(32)18(3)29(15-20-21(25)13-10-14-22(20)26)23(31)16-30(35(33,34)28(4)5)19-11-8-7-9-12-19/h7-14,17-18H,6,15-16H2,1-5H3,(H,27,32)/t17-,18+/m0/s1. The highest BCUT2D eigenvalue weighted by atomic mass is 35.5. The summed E-state index contributed by atoms with van der Waals surface area (Å²) in [6.45, 7) is 4.80. The first-order valence-electron chi connectivity index (χ1n) is 11.2. The molecule has 0 saturated carbocycles. The number of carbonyl (C=O) groups excluding carboxylic acids is 2. The molecule has 0 bridgehead atoms. The smallest absolute Gasteiger partial charge is 0.304 e. The van der Waals surface area contributed by atoms with E-state index in [0.717, 1.165) is 8.61 Å². The van der Waals surface area contributed by atoms with Crippen LogP contribution in [0, 0.1) is 0 Å². The molecule has 0 aliphatic carbocycles. The first kappa shape index (κ1) is 28.9. The number of hydrogen-bond donors (Lipinski definition) is 1. The Labute approximate surface area is 218 Å². The zero-order chi connectivity index (χ0) is 26.3. The molecule has 2 rings (SSSR count). The number of carbonyl (C=O) groups is 2. The number of nitrogens with one attached hydrogen (secondary N) is 1. The van der Waals surface area contributed by atoms with Crippen LogP contribution in [-0.4, -0.2) is 62.2 Å². The molecule has 0 heterocycles. The Bertz CT molecular complexity index is 1110. The first-order valence-corrected chi connectivity index (χ1v) is 13.3.